The summed E-state index contributed by atoms with van der Waals surface area (Å²) in [6.07, 6.45) is -0.501. The van der Waals surface area contributed by atoms with Gasteiger partial charge in [0.05, 0.1) is 24.9 Å². The average molecular weight is 260 g/mol. The second-order valence-corrected chi connectivity index (χ2v) is 5.91. The number of hydrogen-bond donors (Lipinski definition) is 3. The molecule has 3 N–H and O–H groups in total. The molecule has 1 amide bonds. The Kier molecular flexibility index (Phi) is 7.43. The van der Waals surface area contributed by atoms with E-state index < -0.39 is 6.10 Å². The van der Waals surface area contributed by atoms with Crippen molar-refractivity contribution in [1.82, 2.24) is 10.6 Å². The third-order valence-corrected chi connectivity index (χ3v) is 2.17. The Morgan fingerprint density at radius 3 is 2.28 bits per heavy atom. The Morgan fingerprint density at radius 1 is 1.28 bits per heavy atom. The Morgan fingerprint density at radius 2 is 1.83 bits per heavy atom. The van der Waals surface area contributed by atoms with Crippen LogP contribution < -0.4 is 10.6 Å². The van der Waals surface area contributed by atoms with Crippen LogP contribution in [0.15, 0.2) is 0 Å². The molecule has 0 rings (SSSR count). The van der Waals surface area contributed by atoms with E-state index >= 15 is 0 Å². The van der Waals surface area contributed by atoms with Crippen LogP contribution in [-0.4, -0.2) is 48.0 Å². The van der Waals surface area contributed by atoms with Crippen molar-refractivity contribution in [3.63, 3.8) is 0 Å². The molecular weight excluding hydrogens is 232 g/mol. The van der Waals surface area contributed by atoms with E-state index in [1.165, 1.54) is 0 Å². The number of ether oxygens (including phenoxy) is 1. The third-order valence-electron chi connectivity index (χ3n) is 2.17. The first-order valence-electron chi connectivity index (χ1n) is 6.47. The van der Waals surface area contributed by atoms with Gasteiger partial charge in [0, 0.05) is 12.1 Å². The van der Waals surface area contributed by atoms with Crippen molar-refractivity contribution in [3.05, 3.63) is 0 Å². The number of aliphatic hydroxyl groups excluding tert-OH is 1. The lowest BCUT2D eigenvalue weighted by atomic mass is 10.1. The fourth-order valence-electron chi connectivity index (χ4n) is 1.25. The number of carbonyl (C=O) groups is 1. The quantitative estimate of drug-likeness (QED) is 0.629. The van der Waals surface area contributed by atoms with Gasteiger partial charge in [0.1, 0.15) is 0 Å². The SMILES string of the molecule is CC(C)OCC(O)CNC(C)C(=O)NC(C)(C)C. The van der Waals surface area contributed by atoms with Crippen LogP contribution in [0.25, 0.3) is 0 Å². The van der Waals surface area contributed by atoms with Gasteiger partial charge in [0.2, 0.25) is 5.91 Å². The Bertz CT molecular complexity index is 249. The zero-order valence-electron chi connectivity index (χ0n) is 12.4. The first-order chi connectivity index (χ1) is 8.11. The summed E-state index contributed by atoms with van der Waals surface area (Å²) in [6, 6.07) is -0.335. The van der Waals surface area contributed by atoms with Crippen LogP contribution >= 0.6 is 0 Å². The van der Waals surface area contributed by atoms with Crippen molar-refractivity contribution in [2.24, 2.45) is 0 Å². The first kappa shape index (κ1) is 17.4. The normalized spacial score (nSPS) is 15.6. The molecule has 0 saturated carbocycles. The lowest BCUT2D eigenvalue weighted by Crippen LogP contribution is -2.51. The third kappa shape index (κ3) is 9.39. The molecule has 108 valence electrons. The molecule has 2 unspecified atom stereocenters. The van der Waals surface area contributed by atoms with Crippen molar-refractivity contribution < 1.29 is 14.6 Å². The molecule has 0 aromatic carbocycles. The summed E-state index contributed by atoms with van der Waals surface area (Å²) >= 11 is 0. The Balaban J connectivity index is 3.88. The van der Waals surface area contributed by atoms with E-state index in [1.54, 1.807) is 6.92 Å². The second-order valence-electron chi connectivity index (χ2n) is 5.91. The number of aliphatic hydroxyl groups is 1. The van der Waals surface area contributed by atoms with Crippen LogP contribution in [0.3, 0.4) is 0 Å². The van der Waals surface area contributed by atoms with Crippen molar-refractivity contribution in [2.45, 2.75) is 65.3 Å². The second kappa shape index (κ2) is 7.71. The van der Waals surface area contributed by atoms with E-state index in [-0.39, 0.29) is 30.2 Å². The number of amides is 1. The van der Waals surface area contributed by atoms with Crippen LogP contribution in [0.2, 0.25) is 0 Å². The maximum Gasteiger partial charge on any atom is 0.237 e. The van der Waals surface area contributed by atoms with Crippen LogP contribution in [0.5, 0.6) is 0 Å². The first-order valence-corrected chi connectivity index (χ1v) is 6.47. The molecule has 0 aliphatic rings. The largest absolute Gasteiger partial charge is 0.389 e. The van der Waals surface area contributed by atoms with Crippen LogP contribution in [0.4, 0.5) is 0 Å². The molecule has 0 aromatic rings. The van der Waals surface area contributed by atoms with Crippen molar-refractivity contribution in [3.8, 4) is 0 Å². The van der Waals surface area contributed by atoms with Gasteiger partial charge in [-0.25, -0.2) is 0 Å². The van der Waals surface area contributed by atoms with Gasteiger partial charge in [0.25, 0.3) is 0 Å². The highest BCUT2D eigenvalue weighted by atomic mass is 16.5. The van der Waals surface area contributed by atoms with Gasteiger partial charge >= 0.3 is 0 Å². The fourth-order valence-corrected chi connectivity index (χ4v) is 1.25. The molecule has 0 aromatic heterocycles. The van der Waals surface area contributed by atoms with E-state index in [1.807, 2.05) is 34.6 Å². The molecule has 18 heavy (non-hydrogen) atoms. The highest BCUT2D eigenvalue weighted by molar-refractivity contribution is 5.81. The maximum atomic E-state index is 11.8. The minimum absolute atomic E-state index is 0.0699. The summed E-state index contributed by atoms with van der Waals surface area (Å²) in [5, 5.41) is 15.5. The maximum absolute atomic E-state index is 11.8. The standard InChI is InChI=1S/C13H28N2O3/c1-9(2)18-8-11(16)7-14-10(3)12(17)15-13(4,5)6/h9-11,14,16H,7-8H2,1-6H3,(H,15,17). The van der Waals surface area contributed by atoms with Crippen molar-refractivity contribution >= 4 is 5.91 Å². The molecule has 0 aliphatic carbocycles. The molecule has 0 fully saturated rings. The highest BCUT2D eigenvalue weighted by Gasteiger charge is 2.19. The van der Waals surface area contributed by atoms with E-state index in [9.17, 15) is 9.90 Å². The predicted octanol–water partition coefficient (Wildman–Crippen LogP) is 0.665. The summed E-state index contributed by atoms with van der Waals surface area (Å²) in [5.41, 5.74) is -0.244. The zero-order valence-corrected chi connectivity index (χ0v) is 12.4. The zero-order chi connectivity index (χ0) is 14.3. The summed E-state index contributed by atoms with van der Waals surface area (Å²) < 4.78 is 5.29. The molecule has 0 bridgehead atoms. The average Bonchev–Trinajstić information content (AvgIpc) is 2.20. The summed E-state index contributed by atoms with van der Waals surface area (Å²) in [4.78, 5) is 11.8. The molecule has 5 heteroatoms. The van der Waals surface area contributed by atoms with E-state index in [4.69, 9.17) is 4.74 Å². The number of nitrogens with one attached hydrogen (secondary N) is 2. The molecule has 0 heterocycles. The van der Waals surface area contributed by atoms with Crippen molar-refractivity contribution in [1.29, 1.82) is 0 Å². The highest BCUT2D eigenvalue weighted by Crippen LogP contribution is 1.99. The fraction of sp³-hybridized carbons (Fsp3) is 0.923. The van der Waals surface area contributed by atoms with Gasteiger partial charge in [-0.2, -0.15) is 0 Å². The smallest absolute Gasteiger partial charge is 0.237 e. The topological polar surface area (TPSA) is 70.6 Å². The van der Waals surface area contributed by atoms with E-state index in [0.29, 0.717) is 6.54 Å². The molecule has 2 atom stereocenters. The van der Waals surface area contributed by atoms with Gasteiger partial charge in [0.15, 0.2) is 0 Å². The van der Waals surface area contributed by atoms with E-state index in [0.717, 1.165) is 0 Å². The Hall–Kier alpha value is -0.650. The minimum Gasteiger partial charge on any atom is -0.389 e. The number of hydrogen-bond acceptors (Lipinski definition) is 4. The van der Waals surface area contributed by atoms with Gasteiger partial charge < -0.3 is 20.5 Å². The lowest BCUT2D eigenvalue weighted by Gasteiger charge is -2.24. The monoisotopic (exact) mass is 260 g/mol. The van der Waals surface area contributed by atoms with Gasteiger partial charge in [-0.3, -0.25) is 4.79 Å². The Labute approximate surface area is 110 Å². The van der Waals surface area contributed by atoms with Gasteiger partial charge in [-0.1, -0.05) is 0 Å². The van der Waals surface area contributed by atoms with Crippen LogP contribution in [0, 0.1) is 0 Å². The van der Waals surface area contributed by atoms with Crippen LogP contribution in [0.1, 0.15) is 41.5 Å². The molecule has 0 saturated heterocycles. The van der Waals surface area contributed by atoms with E-state index in [2.05, 4.69) is 10.6 Å². The summed E-state index contributed by atoms with van der Waals surface area (Å²) in [6.45, 7) is 12.0. The minimum atomic E-state index is -0.600. The van der Waals surface area contributed by atoms with Gasteiger partial charge in [-0.05, 0) is 41.5 Å². The molecule has 0 spiro atoms. The lowest BCUT2D eigenvalue weighted by molar-refractivity contribution is -0.124. The number of rotatable bonds is 7. The molecule has 0 radical (unpaired) electrons. The number of carbonyl (C=O) groups excluding carboxylic acids is 1. The molecule has 5 nitrogen and oxygen atoms in total. The van der Waals surface area contributed by atoms with Gasteiger partial charge in [-0.15, -0.1) is 0 Å². The van der Waals surface area contributed by atoms with Crippen LogP contribution in [-0.2, 0) is 9.53 Å². The summed E-state index contributed by atoms with van der Waals surface area (Å²) in [7, 11) is 0. The molecule has 0 aliphatic heterocycles. The predicted molar refractivity (Wildman–Crippen MR) is 72.5 cm³/mol. The molecular formula is C13H28N2O3. The summed E-state index contributed by atoms with van der Waals surface area (Å²) in [5.74, 6) is -0.0699. The van der Waals surface area contributed by atoms with Crippen molar-refractivity contribution in [2.75, 3.05) is 13.2 Å².